The number of esters is 1. The molecule has 41 heavy (non-hydrogen) atoms. The van der Waals surface area contributed by atoms with E-state index in [0.29, 0.717) is 48.9 Å². The van der Waals surface area contributed by atoms with Gasteiger partial charge in [-0.1, -0.05) is 68.6 Å². The van der Waals surface area contributed by atoms with Gasteiger partial charge < -0.3 is 19.5 Å². The third-order valence-corrected chi connectivity index (χ3v) is 9.44. The van der Waals surface area contributed by atoms with E-state index in [1.54, 1.807) is 30.0 Å². The fourth-order valence-electron chi connectivity index (χ4n) is 5.12. The average molecular weight is 724 g/mol. The molecule has 0 aliphatic carbocycles. The minimum absolute atomic E-state index is 0.240. The third-order valence-electron chi connectivity index (χ3n) is 7.07. The Hall–Kier alpha value is -1.88. The van der Waals surface area contributed by atoms with E-state index in [-0.39, 0.29) is 5.91 Å². The number of nitrogens with one attached hydrogen (secondary N) is 1. The van der Waals surface area contributed by atoms with Gasteiger partial charge in [0.15, 0.2) is 5.60 Å². The number of carbonyl (C=O) groups is 2. The molecule has 3 aromatic rings. The van der Waals surface area contributed by atoms with E-state index in [9.17, 15) is 9.59 Å². The van der Waals surface area contributed by atoms with Gasteiger partial charge in [0.25, 0.3) is 5.91 Å². The van der Waals surface area contributed by atoms with Crippen LogP contribution in [-0.4, -0.2) is 50.7 Å². The van der Waals surface area contributed by atoms with Crippen molar-refractivity contribution in [2.24, 2.45) is 0 Å². The Morgan fingerprint density at radius 1 is 0.829 bits per heavy atom. The molecule has 0 atom stereocenters. The van der Waals surface area contributed by atoms with Crippen LogP contribution in [0.2, 0.25) is 0 Å². The van der Waals surface area contributed by atoms with Gasteiger partial charge in [-0.15, -0.1) is 11.6 Å². The Kier molecular flexibility index (Phi) is 10.5. The summed E-state index contributed by atoms with van der Waals surface area (Å²) in [7, 11) is 0. The molecular formula is C31H30Br2ClNO5S. The van der Waals surface area contributed by atoms with Gasteiger partial charge in [0.2, 0.25) is 0 Å². The van der Waals surface area contributed by atoms with Crippen molar-refractivity contribution in [3.63, 3.8) is 0 Å². The summed E-state index contributed by atoms with van der Waals surface area (Å²) in [6.07, 6.45) is 4.33. The lowest BCUT2D eigenvalue weighted by Crippen LogP contribution is -2.33. The van der Waals surface area contributed by atoms with Crippen LogP contribution in [0.25, 0.3) is 0 Å². The van der Waals surface area contributed by atoms with Crippen LogP contribution in [0.5, 0.6) is 0 Å². The molecule has 216 valence electrons. The van der Waals surface area contributed by atoms with E-state index in [0.717, 1.165) is 62.2 Å². The second kappa shape index (κ2) is 14.1. The quantitative estimate of drug-likeness (QED) is 0.111. The minimum atomic E-state index is -1.15. The van der Waals surface area contributed by atoms with Crippen molar-refractivity contribution in [3.05, 3.63) is 91.4 Å². The standard InChI is InChI=1S/C31H30Br2ClNO5S/c32-21-6-9-24-27(18-21)41-28-19-22(33)7-10-25(28)31(24)26-17-20(5-8-23(26)30(37)40-31)29(36)35-12-14-39-16-15-38-13-4-2-1-3-11-34/h5-10,17-19H,1-4,11-16H2,(H,35,36). The number of fused-ring (bicyclic) bond motifs is 6. The normalized spacial score (nSPS) is 14.4. The molecule has 2 aliphatic heterocycles. The topological polar surface area (TPSA) is 73.9 Å². The zero-order chi connectivity index (χ0) is 28.8. The van der Waals surface area contributed by atoms with Crippen molar-refractivity contribution in [2.45, 2.75) is 41.1 Å². The maximum Gasteiger partial charge on any atom is 0.340 e. The highest BCUT2D eigenvalue weighted by Crippen LogP contribution is 2.57. The second-order valence-corrected chi connectivity index (χ2v) is 13.1. The molecule has 1 amide bonds. The molecule has 2 heterocycles. The number of rotatable bonds is 13. The minimum Gasteiger partial charge on any atom is -0.440 e. The number of hydrogen-bond donors (Lipinski definition) is 1. The number of alkyl halides is 1. The third kappa shape index (κ3) is 6.71. The van der Waals surface area contributed by atoms with Crippen LogP contribution in [0.15, 0.2) is 73.3 Å². The molecule has 0 fully saturated rings. The summed E-state index contributed by atoms with van der Waals surface area (Å²) >= 11 is 14.5. The lowest BCUT2D eigenvalue weighted by atomic mass is 9.79. The Morgan fingerprint density at radius 3 is 2.17 bits per heavy atom. The van der Waals surface area contributed by atoms with Crippen LogP contribution in [0, 0.1) is 0 Å². The number of unbranched alkanes of at least 4 members (excludes halogenated alkanes) is 3. The predicted molar refractivity (Wildman–Crippen MR) is 167 cm³/mol. The van der Waals surface area contributed by atoms with Crippen molar-refractivity contribution in [1.29, 1.82) is 0 Å². The summed E-state index contributed by atoms with van der Waals surface area (Å²) < 4.78 is 19.3. The molecule has 0 saturated carbocycles. The Balaban J connectivity index is 1.26. The highest BCUT2D eigenvalue weighted by Gasteiger charge is 2.52. The van der Waals surface area contributed by atoms with Crippen LogP contribution in [0.3, 0.4) is 0 Å². The fraction of sp³-hybridized carbons (Fsp3) is 0.355. The molecule has 6 nitrogen and oxygen atoms in total. The molecule has 0 radical (unpaired) electrons. The van der Waals surface area contributed by atoms with Gasteiger partial charge in [0.1, 0.15) is 0 Å². The van der Waals surface area contributed by atoms with Crippen molar-refractivity contribution < 1.29 is 23.8 Å². The van der Waals surface area contributed by atoms with Crippen molar-refractivity contribution >= 4 is 67.1 Å². The zero-order valence-corrected chi connectivity index (χ0v) is 27.1. The number of amides is 1. The van der Waals surface area contributed by atoms with Gasteiger partial charge in [-0.05, 0) is 55.3 Å². The SMILES string of the molecule is O=C(NCCOCCOCCCCCCCl)c1ccc2c(c1)C1(OC2=O)c2ccc(Br)cc2Sc2cc(Br)ccc21. The summed E-state index contributed by atoms with van der Waals surface area (Å²) in [4.78, 5) is 28.3. The second-order valence-electron chi connectivity index (χ2n) is 9.80. The van der Waals surface area contributed by atoms with Crippen LogP contribution in [0.4, 0.5) is 0 Å². The van der Waals surface area contributed by atoms with E-state index >= 15 is 0 Å². The number of halogens is 3. The van der Waals surface area contributed by atoms with Crippen molar-refractivity contribution in [2.75, 3.05) is 38.9 Å². The highest BCUT2D eigenvalue weighted by molar-refractivity contribution is 9.10. The van der Waals surface area contributed by atoms with Gasteiger partial charge >= 0.3 is 5.97 Å². The Morgan fingerprint density at radius 2 is 1.49 bits per heavy atom. The van der Waals surface area contributed by atoms with E-state index in [2.05, 4.69) is 37.2 Å². The lowest BCUT2D eigenvalue weighted by Gasteiger charge is -2.37. The highest BCUT2D eigenvalue weighted by atomic mass is 79.9. The average Bonchev–Trinajstić information content (AvgIpc) is 3.25. The lowest BCUT2D eigenvalue weighted by molar-refractivity contribution is 0.0233. The van der Waals surface area contributed by atoms with Gasteiger partial charge in [0.05, 0.1) is 25.4 Å². The van der Waals surface area contributed by atoms with Crippen LogP contribution in [-0.2, 0) is 19.8 Å². The molecule has 5 rings (SSSR count). The molecule has 1 N–H and O–H groups in total. The summed E-state index contributed by atoms with van der Waals surface area (Å²) in [6.45, 7) is 2.46. The zero-order valence-electron chi connectivity index (χ0n) is 22.4. The van der Waals surface area contributed by atoms with Crippen LogP contribution >= 0.6 is 55.2 Å². The maximum absolute atomic E-state index is 13.2. The van der Waals surface area contributed by atoms with E-state index in [1.807, 2.05) is 36.4 Å². The maximum atomic E-state index is 13.2. The number of carbonyl (C=O) groups excluding carboxylic acids is 2. The molecule has 0 bridgehead atoms. The largest absolute Gasteiger partial charge is 0.440 e. The molecule has 3 aromatic carbocycles. The van der Waals surface area contributed by atoms with E-state index in [4.69, 9.17) is 25.8 Å². The molecule has 10 heteroatoms. The first-order valence-electron chi connectivity index (χ1n) is 13.6. The van der Waals surface area contributed by atoms with Crippen LogP contribution < -0.4 is 5.32 Å². The van der Waals surface area contributed by atoms with Gasteiger partial charge in [-0.25, -0.2) is 4.79 Å². The molecule has 0 unspecified atom stereocenters. The summed E-state index contributed by atoms with van der Waals surface area (Å²) in [6, 6.07) is 17.0. The molecule has 0 aromatic heterocycles. The summed E-state index contributed by atoms with van der Waals surface area (Å²) in [5, 5.41) is 2.92. The number of hydrogen-bond acceptors (Lipinski definition) is 6. The van der Waals surface area contributed by atoms with Crippen LogP contribution in [0.1, 0.15) is 63.1 Å². The van der Waals surface area contributed by atoms with Gasteiger partial charge in [0, 0.05) is 60.0 Å². The molecule has 1 spiro atoms. The molecule has 0 saturated heterocycles. The van der Waals surface area contributed by atoms with E-state index in [1.165, 1.54) is 0 Å². The van der Waals surface area contributed by atoms with Gasteiger partial charge in [-0.2, -0.15) is 0 Å². The number of benzene rings is 3. The first kappa shape index (κ1) is 30.6. The predicted octanol–water partition coefficient (Wildman–Crippen LogP) is 7.70. The smallest absolute Gasteiger partial charge is 0.340 e. The van der Waals surface area contributed by atoms with E-state index < -0.39 is 11.6 Å². The number of ether oxygens (including phenoxy) is 3. The Labute approximate surface area is 266 Å². The van der Waals surface area contributed by atoms with Crippen molar-refractivity contribution in [3.8, 4) is 0 Å². The first-order valence-corrected chi connectivity index (χ1v) is 16.5. The van der Waals surface area contributed by atoms with Gasteiger partial charge in [-0.3, -0.25) is 4.79 Å². The molecular weight excluding hydrogens is 694 g/mol. The van der Waals surface area contributed by atoms with Crippen molar-refractivity contribution in [1.82, 2.24) is 5.32 Å². The summed E-state index contributed by atoms with van der Waals surface area (Å²) in [5.74, 6) is 0.0645. The monoisotopic (exact) mass is 721 g/mol. The molecule has 2 aliphatic rings. The first-order chi connectivity index (χ1) is 19.9. The summed E-state index contributed by atoms with van der Waals surface area (Å²) in [5.41, 5.74) is 2.17. The Bertz CT molecular complexity index is 1380. The fourth-order valence-corrected chi connectivity index (χ4v) is 7.59.